The van der Waals surface area contributed by atoms with Gasteiger partial charge >= 0.3 is 0 Å². The number of aliphatic imine (C=N–C) groups is 1. The molecular weight excluding hydrogens is 150 g/mol. The van der Waals surface area contributed by atoms with Crippen molar-refractivity contribution in [2.24, 2.45) is 4.99 Å². The normalized spacial score (nSPS) is 20.8. The van der Waals surface area contributed by atoms with E-state index in [0.29, 0.717) is 0 Å². The third-order valence-electron chi connectivity index (χ3n) is 2.07. The molecule has 0 aromatic carbocycles. The summed E-state index contributed by atoms with van der Waals surface area (Å²) in [5.41, 5.74) is 0. The third kappa shape index (κ3) is 1.60. The van der Waals surface area contributed by atoms with Crippen molar-refractivity contribution in [2.45, 2.75) is 13.8 Å². The van der Waals surface area contributed by atoms with Crippen molar-refractivity contribution >= 4 is 5.96 Å². The SMILES string of the molecule is CCN1C=CCN(CC)C1=NC. The van der Waals surface area contributed by atoms with E-state index in [4.69, 9.17) is 0 Å². The first-order valence-corrected chi connectivity index (χ1v) is 4.48. The first-order chi connectivity index (χ1) is 5.83. The molecule has 1 heterocycles. The van der Waals surface area contributed by atoms with Crippen LogP contribution in [0, 0.1) is 0 Å². The van der Waals surface area contributed by atoms with Gasteiger partial charge in [-0.1, -0.05) is 0 Å². The molecule has 0 fully saturated rings. The number of guanidine groups is 1. The minimum atomic E-state index is 0.986. The summed E-state index contributed by atoms with van der Waals surface area (Å²) in [4.78, 5) is 8.68. The molecule has 0 spiro atoms. The Morgan fingerprint density at radius 2 is 2.17 bits per heavy atom. The minimum absolute atomic E-state index is 0.986. The van der Waals surface area contributed by atoms with E-state index in [2.05, 4.69) is 40.9 Å². The van der Waals surface area contributed by atoms with Crippen LogP contribution in [0.25, 0.3) is 0 Å². The molecule has 0 radical (unpaired) electrons. The van der Waals surface area contributed by atoms with Crippen LogP contribution in [0.2, 0.25) is 0 Å². The second-order valence-corrected chi connectivity index (χ2v) is 2.73. The Morgan fingerprint density at radius 3 is 2.67 bits per heavy atom. The lowest BCUT2D eigenvalue weighted by Crippen LogP contribution is -2.44. The molecular formula is C9H17N3. The fourth-order valence-electron chi connectivity index (χ4n) is 1.42. The van der Waals surface area contributed by atoms with Gasteiger partial charge < -0.3 is 9.80 Å². The summed E-state index contributed by atoms with van der Waals surface area (Å²) in [6, 6.07) is 0. The average molecular weight is 167 g/mol. The Labute approximate surface area is 74.4 Å². The van der Waals surface area contributed by atoms with Gasteiger partial charge in [0.1, 0.15) is 0 Å². The molecule has 0 saturated heterocycles. The molecule has 0 aromatic rings. The molecule has 12 heavy (non-hydrogen) atoms. The predicted octanol–water partition coefficient (Wildman–Crippen LogP) is 1.14. The van der Waals surface area contributed by atoms with Gasteiger partial charge in [0, 0.05) is 32.9 Å². The van der Waals surface area contributed by atoms with Crippen molar-refractivity contribution in [1.29, 1.82) is 0 Å². The van der Waals surface area contributed by atoms with Crippen LogP contribution < -0.4 is 0 Å². The zero-order chi connectivity index (χ0) is 8.97. The van der Waals surface area contributed by atoms with Gasteiger partial charge in [0.15, 0.2) is 0 Å². The summed E-state index contributed by atoms with van der Waals surface area (Å²) in [5.74, 6) is 1.09. The van der Waals surface area contributed by atoms with Crippen LogP contribution in [0.15, 0.2) is 17.3 Å². The van der Waals surface area contributed by atoms with Crippen molar-refractivity contribution in [3.8, 4) is 0 Å². The fraction of sp³-hybridized carbons (Fsp3) is 0.667. The number of hydrogen-bond acceptors (Lipinski definition) is 1. The second-order valence-electron chi connectivity index (χ2n) is 2.73. The van der Waals surface area contributed by atoms with Crippen LogP contribution in [0.4, 0.5) is 0 Å². The smallest absolute Gasteiger partial charge is 0.200 e. The summed E-state index contributed by atoms with van der Waals surface area (Å²) in [6.07, 6.45) is 4.27. The first kappa shape index (κ1) is 9.10. The number of rotatable bonds is 2. The van der Waals surface area contributed by atoms with Crippen LogP contribution in [0.5, 0.6) is 0 Å². The first-order valence-electron chi connectivity index (χ1n) is 4.48. The van der Waals surface area contributed by atoms with Gasteiger partial charge in [0.05, 0.1) is 0 Å². The zero-order valence-corrected chi connectivity index (χ0v) is 8.12. The Morgan fingerprint density at radius 1 is 1.42 bits per heavy atom. The summed E-state index contributed by atoms with van der Waals surface area (Å²) in [7, 11) is 1.85. The van der Waals surface area contributed by atoms with Crippen LogP contribution >= 0.6 is 0 Å². The van der Waals surface area contributed by atoms with Crippen molar-refractivity contribution in [2.75, 3.05) is 26.7 Å². The molecule has 68 valence electrons. The van der Waals surface area contributed by atoms with Crippen molar-refractivity contribution in [1.82, 2.24) is 9.80 Å². The molecule has 1 aliphatic rings. The lowest BCUT2D eigenvalue weighted by atomic mass is 10.4. The minimum Gasteiger partial charge on any atom is -0.339 e. The number of likely N-dealkylation sites (N-methyl/N-ethyl adjacent to an activating group) is 1. The predicted molar refractivity (Wildman–Crippen MR) is 52.1 cm³/mol. The Hall–Kier alpha value is -0.990. The average Bonchev–Trinajstić information content (AvgIpc) is 2.16. The molecule has 0 atom stereocenters. The van der Waals surface area contributed by atoms with Crippen molar-refractivity contribution < 1.29 is 0 Å². The lowest BCUT2D eigenvalue weighted by Gasteiger charge is -2.33. The van der Waals surface area contributed by atoms with E-state index >= 15 is 0 Å². The molecule has 1 aliphatic heterocycles. The van der Waals surface area contributed by atoms with Crippen LogP contribution in [0.3, 0.4) is 0 Å². The topological polar surface area (TPSA) is 18.8 Å². The van der Waals surface area contributed by atoms with Gasteiger partial charge in [0.2, 0.25) is 5.96 Å². The van der Waals surface area contributed by atoms with E-state index in [1.807, 2.05) is 7.05 Å². The van der Waals surface area contributed by atoms with E-state index in [0.717, 1.165) is 25.6 Å². The molecule has 0 amide bonds. The van der Waals surface area contributed by atoms with Crippen LogP contribution in [0.1, 0.15) is 13.8 Å². The molecule has 0 saturated carbocycles. The fourth-order valence-corrected chi connectivity index (χ4v) is 1.42. The Balaban J connectivity index is 2.78. The highest BCUT2D eigenvalue weighted by Gasteiger charge is 2.15. The number of nitrogens with zero attached hydrogens (tertiary/aromatic N) is 3. The highest BCUT2D eigenvalue weighted by Crippen LogP contribution is 2.05. The molecule has 1 rings (SSSR count). The molecule has 0 bridgehead atoms. The maximum Gasteiger partial charge on any atom is 0.200 e. The summed E-state index contributed by atoms with van der Waals surface area (Å²) >= 11 is 0. The van der Waals surface area contributed by atoms with Crippen molar-refractivity contribution in [3.05, 3.63) is 12.3 Å². The summed E-state index contributed by atoms with van der Waals surface area (Å²) in [5, 5.41) is 0. The van der Waals surface area contributed by atoms with E-state index in [1.165, 1.54) is 0 Å². The molecule has 3 nitrogen and oxygen atoms in total. The van der Waals surface area contributed by atoms with Gasteiger partial charge in [-0.2, -0.15) is 0 Å². The van der Waals surface area contributed by atoms with Gasteiger partial charge in [-0.05, 0) is 19.9 Å². The van der Waals surface area contributed by atoms with E-state index in [9.17, 15) is 0 Å². The van der Waals surface area contributed by atoms with Crippen LogP contribution in [-0.2, 0) is 0 Å². The van der Waals surface area contributed by atoms with Gasteiger partial charge in [-0.3, -0.25) is 4.99 Å². The number of hydrogen-bond donors (Lipinski definition) is 0. The highest BCUT2D eigenvalue weighted by molar-refractivity contribution is 5.82. The van der Waals surface area contributed by atoms with E-state index in [1.54, 1.807) is 0 Å². The van der Waals surface area contributed by atoms with E-state index < -0.39 is 0 Å². The summed E-state index contributed by atoms with van der Waals surface area (Å²) < 4.78 is 0. The largest absolute Gasteiger partial charge is 0.339 e. The van der Waals surface area contributed by atoms with Gasteiger partial charge in [0.25, 0.3) is 0 Å². The Kier molecular flexibility index (Phi) is 3.14. The summed E-state index contributed by atoms with van der Waals surface area (Å²) in [6.45, 7) is 7.28. The molecule has 0 N–H and O–H groups in total. The molecule has 0 aliphatic carbocycles. The van der Waals surface area contributed by atoms with Crippen molar-refractivity contribution in [3.63, 3.8) is 0 Å². The standard InChI is InChI=1S/C9H17N3/c1-4-11-7-6-8-12(5-2)9(11)10-3/h6-7H,4-5,8H2,1-3H3. The molecule has 3 heteroatoms. The molecule has 0 aromatic heterocycles. The van der Waals surface area contributed by atoms with Crippen LogP contribution in [-0.4, -0.2) is 42.4 Å². The Bertz CT molecular complexity index is 196. The monoisotopic (exact) mass is 167 g/mol. The van der Waals surface area contributed by atoms with Gasteiger partial charge in [-0.15, -0.1) is 0 Å². The quantitative estimate of drug-likeness (QED) is 0.614. The van der Waals surface area contributed by atoms with Gasteiger partial charge in [-0.25, -0.2) is 0 Å². The maximum atomic E-state index is 4.27. The van der Waals surface area contributed by atoms with E-state index in [-0.39, 0.29) is 0 Å². The third-order valence-corrected chi connectivity index (χ3v) is 2.07. The highest BCUT2D eigenvalue weighted by atomic mass is 15.4. The zero-order valence-electron chi connectivity index (χ0n) is 8.12. The maximum absolute atomic E-state index is 4.27. The second kappa shape index (κ2) is 4.14. The lowest BCUT2D eigenvalue weighted by molar-refractivity contribution is 0.385. The molecule has 0 unspecified atom stereocenters.